The smallest absolute Gasteiger partial charge is 0.119 e. The van der Waals surface area contributed by atoms with Crippen molar-refractivity contribution in [3.63, 3.8) is 0 Å². The fraction of sp³-hybridized carbons (Fsp3) is 0.286. The molecule has 1 fully saturated rings. The number of ether oxygens (including phenoxy) is 1. The van der Waals surface area contributed by atoms with Crippen molar-refractivity contribution < 1.29 is 4.74 Å². The quantitative estimate of drug-likeness (QED) is 0.919. The van der Waals surface area contributed by atoms with E-state index in [2.05, 4.69) is 39.5 Å². The van der Waals surface area contributed by atoms with Gasteiger partial charge >= 0.3 is 0 Å². The Balaban J connectivity index is 1.74. The van der Waals surface area contributed by atoms with Gasteiger partial charge in [-0.05, 0) is 52.5 Å². The minimum absolute atomic E-state index is 0.0590. The zero-order valence-corrected chi connectivity index (χ0v) is 12.2. The minimum Gasteiger partial charge on any atom is -0.490 e. The van der Waals surface area contributed by atoms with E-state index in [0.29, 0.717) is 6.10 Å². The molecule has 0 radical (unpaired) electrons. The van der Waals surface area contributed by atoms with Gasteiger partial charge in [-0.25, -0.2) is 0 Å². The molecule has 0 bridgehead atoms. The maximum absolute atomic E-state index is 6.24. The van der Waals surface area contributed by atoms with Crippen LogP contribution in [0.2, 0.25) is 0 Å². The van der Waals surface area contributed by atoms with Gasteiger partial charge in [0.2, 0.25) is 0 Å². The highest BCUT2D eigenvalue weighted by atomic mass is 79.9. The summed E-state index contributed by atoms with van der Waals surface area (Å²) in [6.07, 6.45) is 2.81. The summed E-state index contributed by atoms with van der Waals surface area (Å²) in [5.41, 5.74) is 7.36. The van der Waals surface area contributed by atoms with Crippen LogP contribution in [0.3, 0.4) is 0 Å². The fourth-order valence-electron chi connectivity index (χ4n) is 1.79. The van der Waals surface area contributed by atoms with Crippen molar-refractivity contribution in [2.45, 2.75) is 25.0 Å². The number of nitrogens with two attached hydrogens (primary N) is 1. The molecule has 1 saturated carbocycles. The summed E-state index contributed by atoms with van der Waals surface area (Å²) in [6, 6.07) is 10.1. The summed E-state index contributed by atoms with van der Waals surface area (Å²) in [4.78, 5) is 1.16. The van der Waals surface area contributed by atoms with E-state index in [0.717, 1.165) is 20.7 Å². The van der Waals surface area contributed by atoms with E-state index in [1.165, 1.54) is 12.8 Å². The average Bonchev–Trinajstić information content (AvgIpc) is 3.09. The third-order valence-electron chi connectivity index (χ3n) is 2.96. The van der Waals surface area contributed by atoms with E-state index < -0.39 is 0 Å². The molecule has 2 N–H and O–H groups in total. The van der Waals surface area contributed by atoms with Gasteiger partial charge in [0.1, 0.15) is 5.75 Å². The normalized spacial score (nSPS) is 16.6. The Hall–Kier alpha value is -0.840. The Bertz CT molecular complexity index is 533. The van der Waals surface area contributed by atoms with Gasteiger partial charge in [0.05, 0.1) is 12.1 Å². The third-order valence-corrected chi connectivity index (χ3v) is 4.74. The number of hydrogen-bond acceptors (Lipinski definition) is 3. The first-order valence-corrected chi connectivity index (χ1v) is 7.66. The van der Waals surface area contributed by atoms with Crippen LogP contribution in [-0.2, 0) is 0 Å². The third kappa shape index (κ3) is 2.76. The maximum Gasteiger partial charge on any atom is 0.119 e. The zero-order valence-electron chi connectivity index (χ0n) is 9.80. The van der Waals surface area contributed by atoms with Crippen molar-refractivity contribution in [3.05, 3.63) is 50.6 Å². The van der Waals surface area contributed by atoms with E-state index in [-0.39, 0.29) is 6.04 Å². The fourth-order valence-corrected chi connectivity index (χ4v) is 3.26. The average molecular weight is 324 g/mol. The van der Waals surface area contributed by atoms with E-state index in [9.17, 15) is 0 Å². The van der Waals surface area contributed by atoms with Crippen molar-refractivity contribution >= 4 is 27.3 Å². The molecule has 3 rings (SSSR count). The van der Waals surface area contributed by atoms with Crippen molar-refractivity contribution in [1.29, 1.82) is 0 Å². The highest BCUT2D eigenvalue weighted by Gasteiger charge is 2.23. The van der Waals surface area contributed by atoms with Gasteiger partial charge in [0.25, 0.3) is 0 Å². The van der Waals surface area contributed by atoms with Gasteiger partial charge in [-0.2, -0.15) is 0 Å². The Morgan fingerprint density at radius 1 is 1.28 bits per heavy atom. The molecule has 0 aliphatic heterocycles. The molecular formula is C14H14BrNOS. The molecule has 0 saturated heterocycles. The minimum atomic E-state index is -0.0590. The van der Waals surface area contributed by atoms with Crippen LogP contribution in [0.5, 0.6) is 5.75 Å². The summed E-state index contributed by atoms with van der Waals surface area (Å²) >= 11 is 5.13. The monoisotopic (exact) mass is 323 g/mol. The molecule has 2 nitrogen and oxygen atoms in total. The lowest BCUT2D eigenvalue weighted by atomic mass is 10.1. The van der Waals surface area contributed by atoms with E-state index in [1.807, 2.05) is 12.1 Å². The molecule has 1 unspecified atom stereocenters. The highest BCUT2D eigenvalue weighted by Crippen LogP contribution is 2.30. The molecule has 0 amide bonds. The summed E-state index contributed by atoms with van der Waals surface area (Å²) < 4.78 is 6.81. The van der Waals surface area contributed by atoms with E-state index >= 15 is 0 Å². The molecule has 1 aliphatic carbocycles. The van der Waals surface area contributed by atoms with Crippen molar-refractivity contribution in [1.82, 2.24) is 0 Å². The second-order valence-electron chi connectivity index (χ2n) is 4.53. The largest absolute Gasteiger partial charge is 0.490 e. The van der Waals surface area contributed by atoms with Crippen LogP contribution in [0.15, 0.2) is 40.2 Å². The van der Waals surface area contributed by atoms with Crippen molar-refractivity contribution in [2.24, 2.45) is 5.73 Å². The predicted octanol–water partition coefficient (Wildman–Crippen LogP) is 4.10. The summed E-state index contributed by atoms with van der Waals surface area (Å²) in [6.45, 7) is 0. The lowest BCUT2D eigenvalue weighted by molar-refractivity contribution is 0.303. The molecule has 94 valence electrons. The number of halogens is 1. The number of thiophene rings is 1. The summed E-state index contributed by atoms with van der Waals surface area (Å²) in [5, 5.41) is 2.06. The molecule has 1 aromatic heterocycles. The molecular weight excluding hydrogens is 310 g/mol. The highest BCUT2D eigenvalue weighted by molar-refractivity contribution is 9.10. The van der Waals surface area contributed by atoms with Crippen LogP contribution >= 0.6 is 27.3 Å². The molecule has 1 heterocycles. The Morgan fingerprint density at radius 2 is 2.00 bits per heavy atom. The molecule has 18 heavy (non-hydrogen) atoms. The van der Waals surface area contributed by atoms with Crippen LogP contribution in [-0.4, -0.2) is 6.10 Å². The summed E-state index contributed by atoms with van der Waals surface area (Å²) in [5.74, 6) is 0.945. The number of hydrogen-bond donors (Lipinski definition) is 1. The van der Waals surface area contributed by atoms with Crippen LogP contribution in [0.1, 0.15) is 29.3 Å². The van der Waals surface area contributed by atoms with Gasteiger partial charge in [0.15, 0.2) is 0 Å². The SMILES string of the molecule is NC(c1ccc(OC2CC2)cc1)c1cc(Br)cs1. The number of rotatable bonds is 4. The van der Waals surface area contributed by atoms with Crippen LogP contribution in [0.4, 0.5) is 0 Å². The first kappa shape index (κ1) is 12.2. The van der Waals surface area contributed by atoms with Gasteiger partial charge in [-0.1, -0.05) is 12.1 Å². The Morgan fingerprint density at radius 3 is 2.56 bits per heavy atom. The number of benzene rings is 1. The van der Waals surface area contributed by atoms with Gasteiger partial charge in [-0.15, -0.1) is 11.3 Å². The molecule has 0 spiro atoms. The first-order chi connectivity index (χ1) is 8.72. The maximum atomic E-state index is 6.24. The predicted molar refractivity (Wildman–Crippen MR) is 78.1 cm³/mol. The Labute approximate surface area is 119 Å². The van der Waals surface area contributed by atoms with Crippen molar-refractivity contribution in [3.8, 4) is 5.75 Å². The second-order valence-corrected chi connectivity index (χ2v) is 6.39. The standard InChI is InChI=1S/C14H14BrNOS/c15-10-7-13(18-8-10)14(16)9-1-3-11(4-2-9)17-12-5-6-12/h1-4,7-8,12,14H,5-6,16H2. The second kappa shape index (κ2) is 5.03. The lowest BCUT2D eigenvalue weighted by Gasteiger charge is -2.11. The van der Waals surface area contributed by atoms with Gasteiger partial charge in [0, 0.05) is 14.7 Å². The molecule has 2 aromatic rings. The Kier molecular flexibility index (Phi) is 3.41. The molecule has 1 atom stereocenters. The molecule has 1 aliphatic rings. The van der Waals surface area contributed by atoms with E-state index in [1.54, 1.807) is 11.3 Å². The zero-order chi connectivity index (χ0) is 12.5. The van der Waals surface area contributed by atoms with Gasteiger partial charge in [-0.3, -0.25) is 0 Å². The summed E-state index contributed by atoms with van der Waals surface area (Å²) in [7, 11) is 0. The molecule has 1 aromatic carbocycles. The topological polar surface area (TPSA) is 35.2 Å². The van der Waals surface area contributed by atoms with Gasteiger partial charge < -0.3 is 10.5 Å². The molecule has 4 heteroatoms. The van der Waals surface area contributed by atoms with Crippen LogP contribution < -0.4 is 10.5 Å². The van der Waals surface area contributed by atoms with Crippen LogP contribution in [0.25, 0.3) is 0 Å². The van der Waals surface area contributed by atoms with E-state index in [4.69, 9.17) is 10.5 Å². The van der Waals surface area contributed by atoms with Crippen molar-refractivity contribution in [2.75, 3.05) is 0 Å². The lowest BCUT2D eigenvalue weighted by Crippen LogP contribution is -2.10. The van der Waals surface area contributed by atoms with Crippen LogP contribution in [0, 0.1) is 0 Å². The first-order valence-electron chi connectivity index (χ1n) is 5.98.